The molecule has 0 aromatic heterocycles. The zero-order chi connectivity index (χ0) is 23.8. The minimum absolute atomic E-state index is 0.110. The predicted molar refractivity (Wildman–Crippen MR) is 131 cm³/mol. The van der Waals surface area contributed by atoms with Gasteiger partial charge in [-0.05, 0) is 61.4 Å². The topological polar surface area (TPSA) is 88.1 Å². The zero-order valence-corrected chi connectivity index (χ0v) is 19.7. The van der Waals surface area contributed by atoms with Crippen LogP contribution in [-0.4, -0.2) is 32.9 Å². The molecule has 0 atom stereocenters. The first-order valence-corrected chi connectivity index (χ1v) is 12.3. The highest BCUT2D eigenvalue weighted by Gasteiger charge is 2.23. The van der Waals surface area contributed by atoms with Crippen LogP contribution in [0.2, 0.25) is 0 Å². The molecule has 33 heavy (non-hydrogen) atoms. The number of rotatable bonds is 9. The molecular weight excluding hydrogens is 438 g/mol. The van der Waals surface area contributed by atoms with Crippen molar-refractivity contribution in [1.29, 1.82) is 0 Å². The van der Waals surface area contributed by atoms with Gasteiger partial charge in [0, 0.05) is 0 Å². The summed E-state index contributed by atoms with van der Waals surface area (Å²) in [4.78, 5) is 13.0. The van der Waals surface area contributed by atoms with Crippen molar-refractivity contribution in [3.63, 3.8) is 0 Å². The second kappa shape index (κ2) is 10.8. The van der Waals surface area contributed by atoms with Gasteiger partial charge in [0.2, 0.25) is 10.0 Å². The largest absolute Gasteiger partial charge is 0.494 e. The molecule has 0 bridgehead atoms. The summed E-state index contributed by atoms with van der Waals surface area (Å²) >= 11 is 0. The fourth-order valence-corrected chi connectivity index (χ4v) is 4.13. The van der Waals surface area contributed by atoms with Gasteiger partial charge in [-0.1, -0.05) is 42.5 Å². The van der Waals surface area contributed by atoms with Crippen molar-refractivity contribution in [2.75, 3.05) is 17.2 Å². The minimum atomic E-state index is -3.65. The van der Waals surface area contributed by atoms with Crippen LogP contribution >= 0.6 is 0 Å². The Bertz CT molecular complexity index is 1220. The molecule has 0 saturated carbocycles. The Kier molecular flexibility index (Phi) is 7.84. The molecule has 1 N–H and O–H groups in total. The molecular formula is C25H27N3O4S. The first kappa shape index (κ1) is 24.0. The number of hydrazone groups is 1. The Morgan fingerprint density at radius 1 is 0.970 bits per heavy atom. The van der Waals surface area contributed by atoms with Gasteiger partial charge >= 0.3 is 0 Å². The molecule has 0 radical (unpaired) electrons. The number of ether oxygens (including phenoxy) is 1. The van der Waals surface area contributed by atoms with E-state index in [4.69, 9.17) is 4.74 Å². The van der Waals surface area contributed by atoms with E-state index in [0.29, 0.717) is 12.3 Å². The lowest BCUT2D eigenvalue weighted by atomic mass is 10.1. The van der Waals surface area contributed by atoms with Crippen LogP contribution in [0.4, 0.5) is 5.69 Å². The fraction of sp³-hybridized carbons (Fsp3) is 0.200. The van der Waals surface area contributed by atoms with Gasteiger partial charge in [0.05, 0.1) is 36.4 Å². The van der Waals surface area contributed by atoms with Crippen molar-refractivity contribution in [3.05, 3.63) is 95.6 Å². The van der Waals surface area contributed by atoms with Gasteiger partial charge in [-0.15, -0.1) is 0 Å². The highest BCUT2D eigenvalue weighted by atomic mass is 32.2. The monoisotopic (exact) mass is 465 g/mol. The summed E-state index contributed by atoms with van der Waals surface area (Å²) in [7, 11) is -3.65. The lowest BCUT2D eigenvalue weighted by Gasteiger charge is -2.24. The highest BCUT2D eigenvalue weighted by molar-refractivity contribution is 7.92. The molecule has 3 rings (SSSR count). The van der Waals surface area contributed by atoms with E-state index >= 15 is 0 Å². The van der Waals surface area contributed by atoms with E-state index in [2.05, 4.69) is 10.5 Å². The SMILES string of the molecule is CCOc1ccc(/C(C)=N/NC(=O)c2ccccc2N(Cc2ccccc2)S(C)(=O)=O)cc1. The zero-order valence-electron chi connectivity index (χ0n) is 18.9. The van der Waals surface area contributed by atoms with Crippen LogP contribution in [0.3, 0.4) is 0 Å². The van der Waals surface area contributed by atoms with E-state index in [1.807, 2.05) is 61.5 Å². The molecule has 0 unspecified atom stereocenters. The Balaban J connectivity index is 1.84. The second-order valence-electron chi connectivity index (χ2n) is 7.37. The lowest BCUT2D eigenvalue weighted by Crippen LogP contribution is -2.32. The van der Waals surface area contributed by atoms with Gasteiger partial charge in [-0.2, -0.15) is 5.10 Å². The van der Waals surface area contributed by atoms with Crippen molar-refractivity contribution in [3.8, 4) is 5.75 Å². The number of carbonyl (C=O) groups is 1. The summed E-state index contributed by atoms with van der Waals surface area (Å²) in [6, 6.07) is 23.2. The average Bonchev–Trinajstić information content (AvgIpc) is 2.81. The lowest BCUT2D eigenvalue weighted by molar-refractivity contribution is 0.0955. The number of benzene rings is 3. The smallest absolute Gasteiger partial charge is 0.273 e. The molecule has 0 heterocycles. The molecule has 0 aliphatic rings. The van der Waals surface area contributed by atoms with Crippen molar-refractivity contribution in [1.82, 2.24) is 5.43 Å². The fourth-order valence-electron chi connectivity index (χ4n) is 3.23. The van der Waals surface area contributed by atoms with Crippen LogP contribution in [0.25, 0.3) is 0 Å². The van der Waals surface area contributed by atoms with Gasteiger partial charge < -0.3 is 4.74 Å². The molecule has 0 spiro atoms. The highest BCUT2D eigenvalue weighted by Crippen LogP contribution is 2.25. The second-order valence-corrected chi connectivity index (χ2v) is 9.27. The van der Waals surface area contributed by atoms with Crippen LogP contribution in [0.15, 0.2) is 84.0 Å². The van der Waals surface area contributed by atoms with E-state index in [0.717, 1.165) is 23.1 Å². The number of nitrogens with one attached hydrogen (secondary N) is 1. The maximum Gasteiger partial charge on any atom is 0.273 e. The normalized spacial score (nSPS) is 11.7. The molecule has 1 amide bonds. The number of hydrogen-bond donors (Lipinski definition) is 1. The standard InChI is InChI=1S/C25H27N3O4S/c1-4-32-22-16-14-21(15-17-22)19(2)26-27-25(29)23-12-8-9-13-24(23)28(33(3,30)31)18-20-10-6-5-7-11-20/h5-17H,4,18H2,1-3H3,(H,27,29)/b26-19+. The van der Waals surface area contributed by atoms with Gasteiger partial charge in [0.1, 0.15) is 5.75 Å². The number of sulfonamides is 1. The number of carbonyl (C=O) groups excluding carboxylic acids is 1. The third kappa shape index (κ3) is 6.43. The third-order valence-electron chi connectivity index (χ3n) is 4.89. The summed E-state index contributed by atoms with van der Waals surface area (Å²) in [5.74, 6) is 0.254. The number of anilines is 1. The molecule has 0 fully saturated rings. The van der Waals surface area contributed by atoms with Crippen LogP contribution in [0.1, 0.15) is 35.3 Å². The van der Waals surface area contributed by atoms with Crippen molar-refractivity contribution in [2.45, 2.75) is 20.4 Å². The third-order valence-corrected chi connectivity index (χ3v) is 6.02. The molecule has 0 aliphatic carbocycles. The summed E-state index contributed by atoms with van der Waals surface area (Å²) < 4.78 is 31.8. The Hall–Kier alpha value is -3.65. The van der Waals surface area contributed by atoms with E-state index in [1.165, 1.54) is 4.31 Å². The first-order valence-electron chi connectivity index (χ1n) is 10.5. The molecule has 3 aromatic carbocycles. The van der Waals surface area contributed by atoms with E-state index in [-0.39, 0.29) is 17.8 Å². The number of hydrogen-bond acceptors (Lipinski definition) is 5. The van der Waals surface area contributed by atoms with Gasteiger partial charge in [0.25, 0.3) is 5.91 Å². The summed E-state index contributed by atoms with van der Waals surface area (Å²) in [5, 5.41) is 4.20. The van der Waals surface area contributed by atoms with Gasteiger partial charge in [0.15, 0.2) is 0 Å². The summed E-state index contributed by atoms with van der Waals surface area (Å²) in [6.45, 7) is 4.38. The molecule has 7 nitrogen and oxygen atoms in total. The molecule has 8 heteroatoms. The maximum atomic E-state index is 13.0. The number of para-hydroxylation sites is 1. The van der Waals surface area contributed by atoms with Gasteiger partial charge in [-0.25, -0.2) is 13.8 Å². The summed E-state index contributed by atoms with van der Waals surface area (Å²) in [6.07, 6.45) is 1.12. The van der Waals surface area contributed by atoms with Gasteiger partial charge in [-0.3, -0.25) is 9.10 Å². The van der Waals surface area contributed by atoms with Crippen molar-refractivity contribution >= 4 is 27.3 Å². The van der Waals surface area contributed by atoms with Crippen LogP contribution < -0.4 is 14.5 Å². The Morgan fingerprint density at radius 2 is 1.61 bits per heavy atom. The van der Waals surface area contributed by atoms with Crippen LogP contribution in [0.5, 0.6) is 5.75 Å². The molecule has 0 saturated heterocycles. The Morgan fingerprint density at radius 3 is 2.24 bits per heavy atom. The predicted octanol–water partition coefficient (Wildman–Crippen LogP) is 4.21. The average molecular weight is 466 g/mol. The van der Waals surface area contributed by atoms with Crippen molar-refractivity contribution < 1.29 is 17.9 Å². The minimum Gasteiger partial charge on any atom is -0.494 e. The Labute approximate surface area is 194 Å². The molecule has 0 aliphatic heterocycles. The molecule has 3 aromatic rings. The van der Waals surface area contributed by atoms with Crippen LogP contribution in [-0.2, 0) is 16.6 Å². The maximum absolute atomic E-state index is 13.0. The first-order chi connectivity index (χ1) is 15.8. The van der Waals surface area contributed by atoms with E-state index in [9.17, 15) is 13.2 Å². The van der Waals surface area contributed by atoms with Crippen molar-refractivity contribution in [2.24, 2.45) is 5.10 Å². The van der Waals surface area contributed by atoms with Crippen LogP contribution in [0, 0.1) is 0 Å². The quantitative estimate of drug-likeness (QED) is 0.379. The number of nitrogens with zero attached hydrogens (tertiary/aromatic N) is 2. The van der Waals surface area contributed by atoms with E-state index in [1.54, 1.807) is 31.2 Å². The molecule has 172 valence electrons. The number of amides is 1. The summed E-state index contributed by atoms with van der Waals surface area (Å²) in [5.41, 5.74) is 5.28. The van der Waals surface area contributed by atoms with E-state index < -0.39 is 15.9 Å².